The van der Waals surface area contributed by atoms with Gasteiger partial charge in [0.1, 0.15) is 0 Å². The Labute approximate surface area is 132 Å². The van der Waals surface area contributed by atoms with Gasteiger partial charge in [-0.05, 0) is 43.7 Å². The molecule has 0 atom stereocenters. The van der Waals surface area contributed by atoms with Crippen molar-refractivity contribution in [2.75, 3.05) is 17.2 Å². The number of carbonyl (C=O) groups is 1. The van der Waals surface area contributed by atoms with Crippen LogP contribution in [0.1, 0.15) is 16.7 Å². The van der Waals surface area contributed by atoms with Crippen molar-refractivity contribution in [1.29, 1.82) is 0 Å². The average Bonchev–Trinajstić information content (AvgIpc) is 2.45. The van der Waals surface area contributed by atoms with Crippen molar-refractivity contribution in [1.82, 2.24) is 0 Å². The lowest BCUT2D eigenvalue weighted by Crippen LogP contribution is -2.22. The van der Waals surface area contributed by atoms with Crippen LogP contribution in [0.3, 0.4) is 0 Å². The molecule has 0 aliphatic heterocycles. The van der Waals surface area contributed by atoms with E-state index in [1.54, 1.807) is 0 Å². The van der Waals surface area contributed by atoms with Gasteiger partial charge in [0.25, 0.3) is 0 Å². The van der Waals surface area contributed by atoms with Gasteiger partial charge >= 0.3 is 6.18 Å². The third-order valence-corrected chi connectivity index (χ3v) is 3.29. The molecule has 0 aliphatic rings. The third kappa shape index (κ3) is 4.74. The maximum atomic E-state index is 12.6. The molecule has 6 heteroatoms. The highest BCUT2D eigenvalue weighted by Gasteiger charge is 2.30. The van der Waals surface area contributed by atoms with Crippen LogP contribution in [0.15, 0.2) is 42.5 Å². The minimum atomic E-state index is -4.43. The van der Waals surface area contributed by atoms with Crippen LogP contribution >= 0.6 is 0 Å². The molecule has 0 saturated carbocycles. The number of benzene rings is 2. The van der Waals surface area contributed by atoms with E-state index in [-0.39, 0.29) is 12.2 Å². The summed E-state index contributed by atoms with van der Waals surface area (Å²) in [6, 6.07) is 10.3. The van der Waals surface area contributed by atoms with E-state index in [9.17, 15) is 18.0 Å². The molecule has 23 heavy (non-hydrogen) atoms. The number of rotatable bonds is 4. The zero-order valence-electron chi connectivity index (χ0n) is 12.8. The molecule has 0 unspecified atom stereocenters. The van der Waals surface area contributed by atoms with E-state index in [0.717, 1.165) is 28.9 Å². The van der Waals surface area contributed by atoms with Gasteiger partial charge in [-0.3, -0.25) is 4.79 Å². The van der Waals surface area contributed by atoms with Gasteiger partial charge in [0.2, 0.25) is 5.91 Å². The summed E-state index contributed by atoms with van der Waals surface area (Å²) in [6.07, 6.45) is -4.43. The van der Waals surface area contributed by atoms with Crippen molar-refractivity contribution in [3.05, 3.63) is 59.2 Å². The Morgan fingerprint density at radius 2 is 1.83 bits per heavy atom. The lowest BCUT2D eigenvalue weighted by Gasteiger charge is -2.12. The maximum absolute atomic E-state index is 12.6. The molecule has 2 rings (SSSR count). The van der Waals surface area contributed by atoms with Crippen LogP contribution in [0.25, 0.3) is 0 Å². The first-order valence-corrected chi connectivity index (χ1v) is 7.04. The van der Waals surface area contributed by atoms with Gasteiger partial charge in [-0.1, -0.05) is 23.8 Å². The topological polar surface area (TPSA) is 41.1 Å². The lowest BCUT2D eigenvalue weighted by atomic mass is 10.1. The highest BCUT2D eigenvalue weighted by molar-refractivity contribution is 5.93. The monoisotopic (exact) mass is 322 g/mol. The van der Waals surface area contributed by atoms with Gasteiger partial charge in [0, 0.05) is 11.4 Å². The first kappa shape index (κ1) is 16.9. The van der Waals surface area contributed by atoms with Crippen LogP contribution in [0.2, 0.25) is 0 Å². The Balaban J connectivity index is 1.97. The molecular weight excluding hydrogens is 305 g/mol. The van der Waals surface area contributed by atoms with Crippen LogP contribution in [0.4, 0.5) is 24.5 Å². The summed E-state index contributed by atoms with van der Waals surface area (Å²) in [5.41, 5.74) is 2.25. The van der Waals surface area contributed by atoms with Crippen molar-refractivity contribution >= 4 is 17.3 Å². The molecule has 0 fully saturated rings. The Kier molecular flexibility index (Phi) is 4.93. The highest BCUT2D eigenvalue weighted by Crippen LogP contribution is 2.30. The lowest BCUT2D eigenvalue weighted by molar-refractivity contribution is -0.137. The number of hydrogen-bond acceptors (Lipinski definition) is 2. The largest absolute Gasteiger partial charge is 0.416 e. The van der Waals surface area contributed by atoms with Crippen LogP contribution < -0.4 is 10.6 Å². The van der Waals surface area contributed by atoms with E-state index in [2.05, 4.69) is 10.6 Å². The summed E-state index contributed by atoms with van der Waals surface area (Å²) in [4.78, 5) is 11.9. The summed E-state index contributed by atoms with van der Waals surface area (Å²) in [7, 11) is 0. The van der Waals surface area contributed by atoms with Gasteiger partial charge < -0.3 is 10.6 Å². The van der Waals surface area contributed by atoms with Gasteiger partial charge in [-0.15, -0.1) is 0 Å². The van der Waals surface area contributed by atoms with Gasteiger partial charge in [-0.2, -0.15) is 13.2 Å². The second-order valence-electron chi connectivity index (χ2n) is 5.30. The number of nitrogens with one attached hydrogen (secondary N) is 2. The molecule has 0 aliphatic carbocycles. The number of amides is 1. The first-order valence-electron chi connectivity index (χ1n) is 7.04. The number of hydrogen-bond donors (Lipinski definition) is 2. The minimum Gasteiger partial charge on any atom is -0.376 e. The summed E-state index contributed by atoms with van der Waals surface area (Å²) in [5.74, 6) is -0.413. The predicted octanol–water partition coefficient (Wildman–Crippen LogP) is 4.37. The van der Waals surface area contributed by atoms with E-state index >= 15 is 0 Å². The predicted molar refractivity (Wildman–Crippen MR) is 84.5 cm³/mol. The van der Waals surface area contributed by atoms with Gasteiger partial charge in [0.15, 0.2) is 0 Å². The van der Waals surface area contributed by atoms with E-state index in [4.69, 9.17) is 0 Å². The molecule has 0 bridgehead atoms. The highest BCUT2D eigenvalue weighted by atomic mass is 19.4. The molecule has 2 aromatic carbocycles. The molecule has 0 spiro atoms. The number of halogens is 3. The Hall–Kier alpha value is -2.50. The fraction of sp³-hybridized carbons (Fsp3) is 0.235. The van der Waals surface area contributed by atoms with Crippen molar-refractivity contribution in [3.63, 3.8) is 0 Å². The minimum absolute atomic E-state index is 0.0276. The van der Waals surface area contributed by atoms with E-state index in [0.29, 0.717) is 0 Å². The number of aryl methyl sites for hydroxylation is 2. The summed E-state index contributed by atoms with van der Waals surface area (Å²) >= 11 is 0. The summed E-state index contributed by atoms with van der Waals surface area (Å²) in [6.45, 7) is 3.86. The standard InChI is InChI=1S/C17H17F3N2O/c1-11-6-7-15(12(2)8-11)21-10-16(23)22-14-5-3-4-13(9-14)17(18,19)20/h3-9,21H,10H2,1-2H3,(H,22,23). The van der Waals surface area contributed by atoms with Crippen LogP contribution in [0.5, 0.6) is 0 Å². The van der Waals surface area contributed by atoms with Gasteiger partial charge in [0.05, 0.1) is 12.1 Å². The van der Waals surface area contributed by atoms with Crippen LogP contribution in [-0.2, 0) is 11.0 Å². The fourth-order valence-electron chi connectivity index (χ4n) is 2.17. The zero-order chi connectivity index (χ0) is 17.0. The molecule has 0 radical (unpaired) electrons. The fourth-order valence-corrected chi connectivity index (χ4v) is 2.17. The number of alkyl halides is 3. The Bertz CT molecular complexity index is 711. The quantitative estimate of drug-likeness (QED) is 0.877. The maximum Gasteiger partial charge on any atom is 0.416 e. The SMILES string of the molecule is Cc1ccc(NCC(=O)Nc2cccc(C(F)(F)F)c2)c(C)c1. The van der Waals surface area contributed by atoms with E-state index in [1.165, 1.54) is 12.1 Å². The summed E-state index contributed by atoms with van der Waals surface area (Å²) < 4.78 is 37.9. The molecule has 3 nitrogen and oxygen atoms in total. The number of carbonyl (C=O) groups excluding carboxylic acids is 1. The number of anilines is 2. The van der Waals surface area contributed by atoms with E-state index < -0.39 is 17.6 Å². The molecular formula is C17H17F3N2O. The second kappa shape index (κ2) is 6.73. The molecule has 122 valence electrons. The van der Waals surface area contributed by atoms with Crippen molar-refractivity contribution in [2.24, 2.45) is 0 Å². The second-order valence-corrected chi connectivity index (χ2v) is 5.30. The zero-order valence-corrected chi connectivity index (χ0v) is 12.8. The van der Waals surface area contributed by atoms with Gasteiger partial charge in [-0.25, -0.2) is 0 Å². The Morgan fingerprint density at radius 3 is 2.48 bits per heavy atom. The molecule has 1 amide bonds. The van der Waals surface area contributed by atoms with Crippen LogP contribution in [0, 0.1) is 13.8 Å². The smallest absolute Gasteiger partial charge is 0.376 e. The Morgan fingerprint density at radius 1 is 1.09 bits per heavy atom. The van der Waals surface area contributed by atoms with Crippen molar-refractivity contribution in [2.45, 2.75) is 20.0 Å². The molecule has 0 heterocycles. The molecule has 2 aromatic rings. The average molecular weight is 322 g/mol. The molecule has 2 N–H and O–H groups in total. The molecule has 0 saturated heterocycles. The third-order valence-electron chi connectivity index (χ3n) is 3.29. The van der Waals surface area contributed by atoms with Crippen LogP contribution in [-0.4, -0.2) is 12.5 Å². The first-order chi connectivity index (χ1) is 10.8. The molecule has 0 aromatic heterocycles. The van der Waals surface area contributed by atoms with E-state index in [1.807, 2.05) is 32.0 Å². The summed E-state index contributed by atoms with van der Waals surface area (Å²) in [5, 5.41) is 5.42. The normalized spacial score (nSPS) is 11.2. The van der Waals surface area contributed by atoms with Crippen molar-refractivity contribution < 1.29 is 18.0 Å². The van der Waals surface area contributed by atoms with Crippen molar-refractivity contribution in [3.8, 4) is 0 Å².